The summed E-state index contributed by atoms with van der Waals surface area (Å²) in [5.74, 6) is -0.0232. The van der Waals surface area contributed by atoms with Crippen molar-refractivity contribution in [2.45, 2.75) is 4.90 Å². The van der Waals surface area contributed by atoms with Crippen molar-refractivity contribution < 1.29 is 27.6 Å². The molecule has 0 unspecified atom stereocenters. The zero-order chi connectivity index (χ0) is 10.8. The summed E-state index contributed by atoms with van der Waals surface area (Å²) < 4.78 is 33.9. The van der Waals surface area contributed by atoms with Crippen LogP contribution in [0, 0.1) is 0 Å². The van der Waals surface area contributed by atoms with E-state index in [0.717, 1.165) is 24.3 Å². The standard InChI is InChI=1S/C7H6O6S.ClH.Na.H/c8-7(9)13-5-1-3-6(4-2-5)14(10,11)12;;;/h1-4H,(H,8,9)(H,10,11,12);1H;;. The SMILES string of the molecule is Cl.O=C(O)Oc1ccc(S(=O)(=O)O)cc1.[NaH]. The van der Waals surface area contributed by atoms with Crippen molar-refractivity contribution in [1.82, 2.24) is 0 Å². The van der Waals surface area contributed by atoms with Gasteiger partial charge in [0.15, 0.2) is 0 Å². The topological polar surface area (TPSA) is 101 Å². The molecule has 0 atom stereocenters. The molecule has 0 amide bonds. The van der Waals surface area contributed by atoms with Crippen LogP contribution in [0.15, 0.2) is 29.2 Å². The second kappa shape index (κ2) is 7.10. The number of ether oxygens (including phenoxy) is 1. The monoisotopic (exact) mass is 278 g/mol. The fourth-order valence-electron chi connectivity index (χ4n) is 0.780. The summed E-state index contributed by atoms with van der Waals surface area (Å²) in [7, 11) is -4.25. The number of hydrogen-bond donors (Lipinski definition) is 2. The molecule has 6 nitrogen and oxygen atoms in total. The summed E-state index contributed by atoms with van der Waals surface area (Å²) in [6, 6.07) is 4.32. The van der Waals surface area contributed by atoms with Crippen LogP contribution in [0.3, 0.4) is 0 Å². The normalized spacial score (nSPS) is 9.56. The van der Waals surface area contributed by atoms with E-state index in [-0.39, 0.29) is 52.6 Å². The minimum absolute atomic E-state index is 0. The van der Waals surface area contributed by atoms with Gasteiger partial charge in [-0.25, -0.2) is 4.79 Å². The van der Waals surface area contributed by atoms with E-state index in [1.807, 2.05) is 0 Å². The molecule has 0 aromatic heterocycles. The van der Waals surface area contributed by atoms with E-state index in [2.05, 4.69) is 4.74 Å². The van der Waals surface area contributed by atoms with Gasteiger partial charge in [-0.05, 0) is 24.3 Å². The molecule has 0 aliphatic rings. The molecule has 0 saturated carbocycles. The van der Waals surface area contributed by atoms with E-state index in [9.17, 15) is 13.2 Å². The third-order valence-electron chi connectivity index (χ3n) is 1.33. The molecule has 1 rings (SSSR count). The number of hydrogen-bond acceptors (Lipinski definition) is 4. The first-order valence-electron chi connectivity index (χ1n) is 3.38. The van der Waals surface area contributed by atoms with E-state index in [4.69, 9.17) is 9.66 Å². The van der Waals surface area contributed by atoms with Crippen molar-refractivity contribution in [2.75, 3.05) is 0 Å². The molecule has 1 aromatic rings. The van der Waals surface area contributed by atoms with Crippen LogP contribution in [0.5, 0.6) is 5.75 Å². The predicted molar refractivity (Wildman–Crippen MR) is 59.3 cm³/mol. The zero-order valence-electron chi connectivity index (χ0n) is 7.15. The molecule has 0 bridgehead atoms. The van der Waals surface area contributed by atoms with E-state index >= 15 is 0 Å². The van der Waals surface area contributed by atoms with Crippen molar-refractivity contribution in [3.63, 3.8) is 0 Å². The molecule has 0 aliphatic heterocycles. The van der Waals surface area contributed by atoms with Crippen LogP contribution >= 0.6 is 12.4 Å². The Labute approximate surface area is 120 Å². The van der Waals surface area contributed by atoms with Crippen LogP contribution in [-0.4, -0.2) is 53.8 Å². The van der Waals surface area contributed by atoms with Crippen LogP contribution in [0.2, 0.25) is 0 Å². The molecular weight excluding hydrogens is 271 g/mol. The van der Waals surface area contributed by atoms with Gasteiger partial charge in [0.05, 0.1) is 4.90 Å². The Morgan fingerprint density at radius 1 is 1.19 bits per heavy atom. The van der Waals surface area contributed by atoms with Gasteiger partial charge in [-0.15, -0.1) is 12.4 Å². The summed E-state index contributed by atoms with van der Waals surface area (Å²) in [6.45, 7) is 0. The van der Waals surface area contributed by atoms with Crippen LogP contribution in [0.4, 0.5) is 4.79 Å². The van der Waals surface area contributed by atoms with E-state index in [1.165, 1.54) is 0 Å². The Balaban J connectivity index is 0. The summed E-state index contributed by atoms with van der Waals surface area (Å²) in [4.78, 5) is 9.74. The van der Waals surface area contributed by atoms with Crippen molar-refractivity contribution in [3.05, 3.63) is 24.3 Å². The summed E-state index contributed by atoms with van der Waals surface area (Å²) in [6.07, 6.45) is -1.50. The number of rotatable bonds is 2. The Bertz CT molecular complexity index is 442. The zero-order valence-corrected chi connectivity index (χ0v) is 8.79. The molecule has 16 heavy (non-hydrogen) atoms. The van der Waals surface area contributed by atoms with Gasteiger partial charge in [0, 0.05) is 0 Å². The molecule has 0 heterocycles. The third kappa shape index (κ3) is 5.69. The second-order valence-electron chi connectivity index (χ2n) is 2.31. The second-order valence-corrected chi connectivity index (χ2v) is 3.74. The van der Waals surface area contributed by atoms with Gasteiger partial charge in [0.2, 0.25) is 0 Å². The third-order valence-corrected chi connectivity index (χ3v) is 2.19. The van der Waals surface area contributed by atoms with Crippen molar-refractivity contribution in [1.29, 1.82) is 0 Å². The summed E-state index contributed by atoms with van der Waals surface area (Å²) in [5, 5.41) is 8.21. The number of carboxylic acid groups (broad SMARTS) is 1. The molecule has 0 radical (unpaired) electrons. The molecule has 9 heteroatoms. The summed E-state index contributed by atoms with van der Waals surface area (Å²) >= 11 is 0. The molecule has 86 valence electrons. The maximum absolute atomic E-state index is 10.6. The van der Waals surface area contributed by atoms with Crippen LogP contribution in [-0.2, 0) is 10.1 Å². The van der Waals surface area contributed by atoms with E-state index in [1.54, 1.807) is 0 Å². The quantitative estimate of drug-likeness (QED) is 0.358. The van der Waals surface area contributed by atoms with Gasteiger partial charge in [0.1, 0.15) is 5.75 Å². The van der Waals surface area contributed by atoms with Gasteiger partial charge in [-0.2, -0.15) is 8.42 Å². The fraction of sp³-hybridized carbons (Fsp3) is 0. The number of carbonyl (C=O) groups is 1. The van der Waals surface area contributed by atoms with Crippen LogP contribution < -0.4 is 4.74 Å². The van der Waals surface area contributed by atoms with Gasteiger partial charge in [0.25, 0.3) is 10.1 Å². The van der Waals surface area contributed by atoms with Crippen LogP contribution in [0.1, 0.15) is 0 Å². The van der Waals surface area contributed by atoms with Gasteiger partial charge in [-0.3, -0.25) is 4.55 Å². The molecule has 0 spiro atoms. The molecule has 2 N–H and O–H groups in total. The Kier molecular flexibility index (Phi) is 8.02. The first kappa shape index (κ1) is 18.1. The summed E-state index contributed by atoms with van der Waals surface area (Å²) in [5.41, 5.74) is 0. The minimum atomic E-state index is -4.25. The molecule has 0 saturated heterocycles. The van der Waals surface area contributed by atoms with Gasteiger partial charge >= 0.3 is 35.7 Å². The Morgan fingerprint density at radius 2 is 1.62 bits per heavy atom. The predicted octanol–water partition coefficient (Wildman–Crippen LogP) is 0.763. The maximum atomic E-state index is 10.6. The average Bonchev–Trinajstić information content (AvgIpc) is 2.02. The van der Waals surface area contributed by atoms with Crippen molar-refractivity contribution >= 4 is 58.2 Å². The fourth-order valence-corrected chi connectivity index (χ4v) is 1.26. The van der Waals surface area contributed by atoms with Crippen molar-refractivity contribution in [3.8, 4) is 5.75 Å². The number of benzene rings is 1. The first-order valence-corrected chi connectivity index (χ1v) is 4.82. The number of halogens is 1. The van der Waals surface area contributed by atoms with E-state index in [0.29, 0.717) is 0 Å². The first-order chi connectivity index (χ1) is 6.39. The van der Waals surface area contributed by atoms with Crippen molar-refractivity contribution in [2.24, 2.45) is 0 Å². The average molecular weight is 279 g/mol. The van der Waals surface area contributed by atoms with Crippen LogP contribution in [0.25, 0.3) is 0 Å². The van der Waals surface area contributed by atoms with E-state index < -0.39 is 16.3 Å². The molecule has 0 fully saturated rings. The molecule has 1 aromatic carbocycles. The molecular formula is C7H8ClNaO6S. The Morgan fingerprint density at radius 3 is 1.94 bits per heavy atom. The van der Waals surface area contributed by atoms with Gasteiger partial charge in [-0.1, -0.05) is 0 Å². The van der Waals surface area contributed by atoms with Gasteiger partial charge < -0.3 is 9.84 Å². The Hall–Kier alpha value is -0.310. The molecule has 0 aliphatic carbocycles.